The number of anilines is 2. The molecule has 0 bridgehead atoms. The first kappa shape index (κ1) is 13.2. The summed E-state index contributed by atoms with van der Waals surface area (Å²) in [6.45, 7) is 1.12. The molecule has 0 radical (unpaired) electrons. The highest BCUT2D eigenvalue weighted by atomic mass is 15.1. The number of rotatable bonds is 3. The van der Waals surface area contributed by atoms with E-state index in [9.17, 15) is 0 Å². The van der Waals surface area contributed by atoms with Crippen LogP contribution in [0.4, 0.5) is 11.4 Å². The predicted octanol–water partition coefficient (Wildman–Crippen LogP) is 3.83. The van der Waals surface area contributed by atoms with E-state index < -0.39 is 0 Å². The van der Waals surface area contributed by atoms with Crippen LogP contribution >= 0.6 is 0 Å². The Morgan fingerprint density at radius 1 is 1.20 bits per heavy atom. The predicted molar refractivity (Wildman–Crippen MR) is 86.0 cm³/mol. The van der Waals surface area contributed by atoms with Crippen LogP contribution in [0.15, 0.2) is 30.5 Å². The highest BCUT2D eigenvalue weighted by Crippen LogP contribution is 2.31. The molecule has 1 aromatic heterocycles. The van der Waals surface area contributed by atoms with Crippen LogP contribution in [0, 0.1) is 5.92 Å². The van der Waals surface area contributed by atoms with Crippen molar-refractivity contribution in [3.8, 4) is 0 Å². The van der Waals surface area contributed by atoms with Crippen LogP contribution in [0.5, 0.6) is 0 Å². The van der Waals surface area contributed by atoms with Gasteiger partial charge in [-0.3, -0.25) is 4.98 Å². The molecule has 0 unspecified atom stereocenters. The van der Waals surface area contributed by atoms with Crippen LogP contribution in [-0.2, 0) is 0 Å². The molecule has 0 aliphatic heterocycles. The molecule has 106 valence electrons. The number of aromatic nitrogens is 1. The number of hydrogen-bond acceptors (Lipinski definition) is 3. The molecule has 0 spiro atoms. The van der Waals surface area contributed by atoms with Crippen LogP contribution < -0.4 is 10.6 Å². The molecule has 1 heterocycles. The maximum absolute atomic E-state index is 6.05. The second-order valence-electron chi connectivity index (χ2n) is 5.96. The van der Waals surface area contributed by atoms with Crippen molar-refractivity contribution in [3.05, 3.63) is 30.5 Å². The fourth-order valence-corrected chi connectivity index (χ4v) is 3.34. The van der Waals surface area contributed by atoms with E-state index >= 15 is 0 Å². The van der Waals surface area contributed by atoms with Gasteiger partial charge >= 0.3 is 0 Å². The number of nitrogen functional groups attached to an aromatic ring is 1. The normalized spacial score (nSPS) is 16.4. The van der Waals surface area contributed by atoms with Gasteiger partial charge in [0, 0.05) is 30.9 Å². The van der Waals surface area contributed by atoms with E-state index in [0.29, 0.717) is 0 Å². The molecule has 0 atom stereocenters. The molecule has 3 heteroatoms. The maximum atomic E-state index is 6.05. The van der Waals surface area contributed by atoms with Gasteiger partial charge in [0.25, 0.3) is 0 Å². The van der Waals surface area contributed by atoms with Gasteiger partial charge in [-0.05, 0) is 43.0 Å². The van der Waals surface area contributed by atoms with E-state index in [1.165, 1.54) is 37.8 Å². The highest BCUT2D eigenvalue weighted by Gasteiger charge is 2.17. The minimum Gasteiger partial charge on any atom is -0.398 e. The van der Waals surface area contributed by atoms with Gasteiger partial charge < -0.3 is 10.6 Å². The van der Waals surface area contributed by atoms with Crippen molar-refractivity contribution in [2.75, 3.05) is 24.2 Å². The van der Waals surface area contributed by atoms with Gasteiger partial charge in [-0.15, -0.1) is 0 Å². The van der Waals surface area contributed by atoms with E-state index in [4.69, 9.17) is 5.73 Å². The Kier molecular flexibility index (Phi) is 3.77. The van der Waals surface area contributed by atoms with E-state index in [0.717, 1.165) is 29.1 Å². The van der Waals surface area contributed by atoms with E-state index in [1.807, 2.05) is 18.3 Å². The zero-order chi connectivity index (χ0) is 13.9. The van der Waals surface area contributed by atoms with Gasteiger partial charge in [0.1, 0.15) is 0 Å². The number of hydrogen-bond donors (Lipinski definition) is 1. The lowest BCUT2D eigenvalue weighted by molar-refractivity contribution is 0.362. The molecule has 0 saturated heterocycles. The fourth-order valence-electron chi connectivity index (χ4n) is 3.34. The topological polar surface area (TPSA) is 42.1 Å². The lowest BCUT2D eigenvalue weighted by atomic mass is 9.89. The Labute approximate surface area is 120 Å². The van der Waals surface area contributed by atoms with Crippen LogP contribution in [0.25, 0.3) is 10.9 Å². The summed E-state index contributed by atoms with van der Waals surface area (Å²) in [6.07, 6.45) is 8.76. The smallest absolute Gasteiger partial charge is 0.0955 e. The third kappa shape index (κ3) is 2.58. The van der Waals surface area contributed by atoms with Crippen molar-refractivity contribution in [3.63, 3.8) is 0 Å². The van der Waals surface area contributed by atoms with Crippen LogP contribution in [0.3, 0.4) is 0 Å². The van der Waals surface area contributed by atoms with Crippen LogP contribution in [0.1, 0.15) is 32.1 Å². The summed E-state index contributed by atoms with van der Waals surface area (Å²) in [4.78, 5) is 6.89. The summed E-state index contributed by atoms with van der Waals surface area (Å²) in [5, 5.41) is 1.06. The quantitative estimate of drug-likeness (QED) is 0.861. The summed E-state index contributed by atoms with van der Waals surface area (Å²) in [6, 6.07) is 8.10. The molecule has 1 saturated carbocycles. The minimum atomic E-state index is 0.808. The second-order valence-corrected chi connectivity index (χ2v) is 5.96. The highest BCUT2D eigenvalue weighted by molar-refractivity contribution is 5.98. The Bertz CT molecular complexity index is 588. The second kappa shape index (κ2) is 5.70. The van der Waals surface area contributed by atoms with Gasteiger partial charge in [0.15, 0.2) is 0 Å². The fraction of sp³-hybridized carbons (Fsp3) is 0.471. The van der Waals surface area contributed by atoms with Gasteiger partial charge in [-0.2, -0.15) is 0 Å². The first-order valence-corrected chi connectivity index (χ1v) is 7.60. The van der Waals surface area contributed by atoms with Gasteiger partial charge in [0.2, 0.25) is 0 Å². The molecule has 2 N–H and O–H groups in total. The molecule has 1 fully saturated rings. The summed E-state index contributed by atoms with van der Waals surface area (Å²) in [5.74, 6) is 0.824. The monoisotopic (exact) mass is 269 g/mol. The minimum absolute atomic E-state index is 0.808. The SMILES string of the molecule is CN(CC1CCCCC1)c1ccc(N)c2cccnc12. The molecule has 2 aromatic rings. The molecule has 3 rings (SSSR count). The number of benzene rings is 1. The van der Waals surface area contributed by atoms with Gasteiger partial charge in [-0.1, -0.05) is 19.3 Å². The summed E-state index contributed by atoms with van der Waals surface area (Å²) >= 11 is 0. The Balaban J connectivity index is 1.87. The lowest BCUT2D eigenvalue weighted by Crippen LogP contribution is -2.27. The van der Waals surface area contributed by atoms with Crippen molar-refractivity contribution >= 4 is 22.3 Å². The average Bonchev–Trinajstić information content (AvgIpc) is 2.49. The van der Waals surface area contributed by atoms with Crippen molar-refractivity contribution in [2.45, 2.75) is 32.1 Å². The molecule has 3 nitrogen and oxygen atoms in total. The van der Waals surface area contributed by atoms with Gasteiger partial charge in [0.05, 0.1) is 11.2 Å². The molecule has 1 aromatic carbocycles. The maximum Gasteiger partial charge on any atom is 0.0955 e. The third-order valence-corrected chi connectivity index (χ3v) is 4.45. The first-order valence-electron chi connectivity index (χ1n) is 7.60. The zero-order valence-electron chi connectivity index (χ0n) is 12.2. The largest absolute Gasteiger partial charge is 0.398 e. The molecular weight excluding hydrogens is 246 g/mol. The van der Waals surface area contributed by atoms with Crippen molar-refractivity contribution in [1.29, 1.82) is 0 Å². The van der Waals surface area contributed by atoms with E-state index in [2.05, 4.69) is 29.1 Å². The summed E-state index contributed by atoms with van der Waals surface area (Å²) < 4.78 is 0. The number of pyridine rings is 1. The van der Waals surface area contributed by atoms with E-state index in [1.54, 1.807) is 0 Å². The number of nitrogens with two attached hydrogens (primary N) is 1. The molecule has 0 amide bonds. The Hall–Kier alpha value is -1.77. The van der Waals surface area contributed by atoms with Gasteiger partial charge in [-0.25, -0.2) is 0 Å². The summed E-state index contributed by atoms with van der Waals surface area (Å²) in [5.41, 5.74) is 9.07. The standard InChI is InChI=1S/C17H23N3/c1-20(12-13-6-3-2-4-7-13)16-10-9-15(18)14-8-5-11-19-17(14)16/h5,8-11,13H,2-4,6-7,12,18H2,1H3. The molecule has 20 heavy (non-hydrogen) atoms. The van der Waals surface area contributed by atoms with E-state index in [-0.39, 0.29) is 0 Å². The Morgan fingerprint density at radius 2 is 2.00 bits per heavy atom. The van der Waals surface area contributed by atoms with Crippen LogP contribution in [0.2, 0.25) is 0 Å². The number of nitrogens with zero attached hydrogens (tertiary/aromatic N) is 2. The average molecular weight is 269 g/mol. The lowest BCUT2D eigenvalue weighted by Gasteiger charge is -2.29. The first-order chi connectivity index (χ1) is 9.75. The number of fused-ring (bicyclic) bond motifs is 1. The summed E-state index contributed by atoms with van der Waals surface area (Å²) in [7, 11) is 2.17. The molecule has 1 aliphatic carbocycles. The molecule has 1 aliphatic rings. The van der Waals surface area contributed by atoms with Crippen molar-refractivity contribution in [2.24, 2.45) is 5.92 Å². The van der Waals surface area contributed by atoms with Crippen LogP contribution in [-0.4, -0.2) is 18.6 Å². The Morgan fingerprint density at radius 3 is 2.80 bits per heavy atom. The molecular formula is C17H23N3. The third-order valence-electron chi connectivity index (χ3n) is 4.45. The van der Waals surface area contributed by atoms with Crippen molar-refractivity contribution in [1.82, 2.24) is 4.98 Å². The zero-order valence-corrected chi connectivity index (χ0v) is 12.2. The van der Waals surface area contributed by atoms with Crippen molar-refractivity contribution < 1.29 is 0 Å².